The third kappa shape index (κ3) is 2.42. The van der Waals surface area contributed by atoms with Crippen molar-refractivity contribution in [3.63, 3.8) is 0 Å². The van der Waals surface area contributed by atoms with E-state index in [1.165, 1.54) is 19.3 Å². The van der Waals surface area contributed by atoms with Crippen molar-refractivity contribution < 1.29 is 0 Å². The van der Waals surface area contributed by atoms with E-state index in [9.17, 15) is 0 Å². The average molecular weight is 271 g/mol. The molecule has 0 spiro atoms. The summed E-state index contributed by atoms with van der Waals surface area (Å²) in [5, 5.41) is 4.84. The van der Waals surface area contributed by atoms with Gasteiger partial charge in [0.2, 0.25) is 0 Å². The van der Waals surface area contributed by atoms with Crippen molar-refractivity contribution in [3.05, 3.63) is 16.9 Å². The largest absolute Gasteiger partial charge is 0.321 e. The minimum absolute atomic E-state index is 0.0994. The van der Waals surface area contributed by atoms with Crippen LogP contribution in [0, 0.1) is 0 Å². The number of aromatic nitrogens is 2. The number of hydrogen-bond acceptors (Lipinski definition) is 3. The van der Waals surface area contributed by atoms with Crippen LogP contribution in [0.1, 0.15) is 44.8 Å². The Labute approximate surface area is 114 Å². The van der Waals surface area contributed by atoms with E-state index in [-0.39, 0.29) is 11.6 Å². The van der Waals surface area contributed by atoms with E-state index in [0.29, 0.717) is 5.02 Å². The Morgan fingerprint density at radius 3 is 2.44 bits per heavy atom. The van der Waals surface area contributed by atoms with E-state index in [1.54, 1.807) is 10.9 Å². The molecule has 0 aromatic carbocycles. The topological polar surface area (TPSA) is 47.1 Å². The van der Waals surface area contributed by atoms with Crippen molar-refractivity contribution in [1.29, 1.82) is 0 Å². The van der Waals surface area contributed by atoms with Crippen molar-refractivity contribution in [2.75, 3.05) is 13.1 Å². The second-order valence-corrected chi connectivity index (χ2v) is 6.09. The molecule has 1 atom stereocenters. The zero-order chi connectivity index (χ0) is 13.3. The summed E-state index contributed by atoms with van der Waals surface area (Å²) in [7, 11) is 1.90. The first kappa shape index (κ1) is 13.8. The Morgan fingerprint density at radius 2 is 1.94 bits per heavy atom. The van der Waals surface area contributed by atoms with E-state index in [0.717, 1.165) is 18.8 Å². The Kier molecular flexibility index (Phi) is 3.99. The fourth-order valence-electron chi connectivity index (χ4n) is 2.77. The zero-order valence-electron chi connectivity index (χ0n) is 11.5. The van der Waals surface area contributed by atoms with Crippen LogP contribution in [0.2, 0.25) is 5.02 Å². The number of nitrogens with two attached hydrogens (primary N) is 1. The lowest BCUT2D eigenvalue weighted by Gasteiger charge is -2.44. The summed E-state index contributed by atoms with van der Waals surface area (Å²) in [5.41, 5.74) is 7.29. The van der Waals surface area contributed by atoms with Crippen LogP contribution in [0.4, 0.5) is 0 Å². The lowest BCUT2D eigenvalue weighted by Crippen LogP contribution is -2.53. The maximum absolute atomic E-state index is 6.46. The first-order valence-corrected chi connectivity index (χ1v) is 7.00. The van der Waals surface area contributed by atoms with Gasteiger partial charge in [0.25, 0.3) is 0 Å². The number of nitrogens with zero attached hydrogens (tertiary/aromatic N) is 3. The molecule has 2 heterocycles. The molecule has 0 amide bonds. The number of rotatable bonds is 3. The molecule has 18 heavy (non-hydrogen) atoms. The highest BCUT2D eigenvalue weighted by atomic mass is 35.5. The van der Waals surface area contributed by atoms with Crippen molar-refractivity contribution in [2.24, 2.45) is 12.8 Å². The maximum atomic E-state index is 6.46. The molecule has 2 rings (SSSR count). The molecular formula is C13H23ClN4. The molecule has 1 aliphatic rings. The van der Waals surface area contributed by atoms with Gasteiger partial charge >= 0.3 is 0 Å². The van der Waals surface area contributed by atoms with E-state index < -0.39 is 0 Å². The summed E-state index contributed by atoms with van der Waals surface area (Å²) in [6.45, 7) is 6.64. The minimum Gasteiger partial charge on any atom is -0.321 e. The summed E-state index contributed by atoms with van der Waals surface area (Å²) in [6.07, 6.45) is 5.52. The van der Waals surface area contributed by atoms with Gasteiger partial charge in [-0.1, -0.05) is 18.0 Å². The second-order valence-electron chi connectivity index (χ2n) is 5.68. The lowest BCUT2D eigenvalue weighted by atomic mass is 9.88. The van der Waals surface area contributed by atoms with Crippen molar-refractivity contribution in [1.82, 2.24) is 14.7 Å². The van der Waals surface area contributed by atoms with Crippen molar-refractivity contribution in [2.45, 2.75) is 44.7 Å². The number of piperidine rings is 1. The van der Waals surface area contributed by atoms with Crippen LogP contribution in [0.5, 0.6) is 0 Å². The quantitative estimate of drug-likeness (QED) is 0.917. The molecule has 4 nitrogen and oxygen atoms in total. The predicted molar refractivity (Wildman–Crippen MR) is 74.6 cm³/mol. The van der Waals surface area contributed by atoms with Gasteiger partial charge in [-0.15, -0.1) is 0 Å². The van der Waals surface area contributed by atoms with Gasteiger partial charge in [-0.05, 0) is 39.8 Å². The van der Waals surface area contributed by atoms with Gasteiger partial charge in [0, 0.05) is 12.6 Å². The number of hydrogen-bond donors (Lipinski definition) is 1. The maximum Gasteiger partial charge on any atom is 0.0834 e. The van der Waals surface area contributed by atoms with Crippen molar-refractivity contribution >= 4 is 11.6 Å². The first-order chi connectivity index (χ1) is 8.44. The van der Waals surface area contributed by atoms with Crippen LogP contribution in [-0.4, -0.2) is 33.3 Å². The van der Waals surface area contributed by atoms with Gasteiger partial charge in [-0.25, -0.2) is 0 Å². The van der Waals surface area contributed by atoms with Crippen LogP contribution in [-0.2, 0) is 7.05 Å². The average Bonchev–Trinajstić information content (AvgIpc) is 2.69. The Balaban J connectivity index is 2.23. The van der Waals surface area contributed by atoms with Gasteiger partial charge < -0.3 is 5.73 Å². The van der Waals surface area contributed by atoms with Crippen molar-refractivity contribution in [3.8, 4) is 0 Å². The number of likely N-dealkylation sites (tertiary alicyclic amines) is 1. The molecule has 1 saturated heterocycles. The molecule has 1 aromatic rings. The standard InChI is InChI=1S/C13H23ClN4/c1-13(2,18-7-5-4-6-8-18)12(15)11-10(14)9-16-17(11)3/h9,12H,4-8,15H2,1-3H3. The molecule has 1 aromatic heterocycles. The van der Waals surface area contributed by atoms with Crippen LogP contribution >= 0.6 is 11.6 Å². The fourth-order valence-corrected chi connectivity index (χ4v) is 3.06. The third-order valence-corrected chi connectivity index (χ3v) is 4.46. The molecule has 0 radical (unpaired) electrons. The molecule has 0 bridgehead atoms. The fraction of sp³-hybridized carbons (Fsp3) is 0.769. The molecule has 5 heteroatoms. The van der Waals surface area contributed by atoms with Crippen LogP contribution in [0.3, 0.4) is 0 Å². The monoisotopic (exact) mass is 270 g/mol. The Morgan fingerprint density at radius 1 is 1.33 bits per heavy atom. The number of halogens is 1. The predicted octanol–water partition coefficient (Wildman–Crippen LogP) is 2.34. The molecule has 1 fully saturated rings. The lowest BCUT2D eigenvalue weighted by molar-refractivity contribution is 0.0707. The zero-order valence-corrected chi connectivity index (χ0v) is 12.2. The molecule has 0 saturated carbocycles. The van der Waals surface area contributed by atoms with E-state index in [1.807, 2.05) is 7.05 Å². The smallest absolute Gasteiger partial charge is 0.0834 e. The van der Waals surface area contributed by atoms with Gasteiger partial charge in [-0.3, -0.25) is 9.58 Å². The Hall–Kier alpha value is -0.580. The molecule has 1 aliphatic heterocycles. The molecular weight excluding hydrogens is 248 g/mol. The summed E-state index contributed by atoms with van der Waals surface area (Å²) < 4.78 is 1.79. The summed E-state index contributed by atoms with van der Waals surface area (Å²) in [4.78, 5) is 2.48. The summed E-state index contributed by atoms with van der Waals surface area (Å²) in [5.74, 6) is 0. The van der Waals surface area contributed by atoms with Gasteiger partial charge in [0.1, 0.15) is 0 Å². The van der Waals surface area contributed by atoms with E-state index in [2.05, 4.69) is 23.8 Å². The Bertz CT molecular complexity index is 388. The van der Waals surface area contributed by atoms with Gasteiger partial charge in [-0.2, -0.15) is 5.10 Å². The first-order valence-electron chi connectivity index (χ1n) is 6.62. The van der Waals surface area contributed by atoms with Gasteiger partial charge in [0.05, 0.1) is 23.0 Å². The highest BCUT2D eigenvalue weighted by Gasteiger charge is 2.37. The van der Waals surface area contributed by atoms with E-state index >= 15 is 0 Å². The van der Waals surface area contributed by atoms with E-state index in [4.69, 9.17) is 17.3 Å². The van der Waals surface area contributed by atoms with Gasteiger partial charge in [0.15, 0.2) is 0 Å². The summed E-state index contributed by atoms with van der Waals surface area (Å²) in [6, 6.07) is -0.129. The minimum atomic E-state index is -0.129. The van der Waals surface area contributed by atoms with Crippen LogP contribution < -0.4 is 5.73 Å². The second kappa shape index (κ2) is 5.19. The molecule has 0 aliphatic carbocycles. The molecule has 2 N–H and O–H groups in total. The normalized spacial score (nSPS) is 20.1. The summed E-state index contributed by atoms with van der Waals surface area (Å²) >= 11 is 6.20. The SMILES string of the molecule is Cn1ncc(Cl)c1C(N)C(C)(C)N1CCCCC1. The molecule has 102 valence electrons. The highest BCUT2D eigenvalue weighted by molar-refractivity contribution is 6.31. The molecule has 1 unspecified atom stereocenters. The van der Waals surface area contributed by atoms with Crippen LogP contribution in [0.15, 0.2) is 6.20 Å². The highest BCUT2D eigenvalue weighted by Crippen LogP contribution is 2.34. The number of aryl methyl sites for hydroxylation is 1. The third-order valence-electron chi connectivity index (χ3n) is 4.16. The van der Waals surface area contributed by atoms with Crippen LogP contribution in [0.25, 0.3) is 0 Å².